The number of ether oxygens (including phenoxy) is 5. The van der Waals surface area contributed by atoms with Crippen molar-refractivity contribution >= 4 is 35.2 Å². The minimum absolute atomic E-state index is 0.176. The van der Waals surface area contributed by atoms with Crippen LogP contribution < -0.4 is 29.0 Å². The Balaban J connectivity index is 1.79. The molecule has 39 heavy (non-hydrogen) atoms. The molecule has 7 nitrogen and oxygen atoms in total. The zero-order chi connectivity index (χ0) is 28.6. The van der Waals surface area contributed by atoms with E-state index < -0.39 is 17.9 Å². The Morgan fingerprint density at radius 2 is 1.38 bits per heavy atom. The second kappa shape index (κ2) is 13.0. The highest BCUT2D eigenvalue weighted by Gasteiger charge is 2.31. The first kappa shape index (κ1) is 29.2. The van der Waals surface area contributed by atoms with Gasteiger partial charge in [-0.1, -0.05) is 23.8 Å². The first-order chi connectivity index (χ1) is 18.6. The summed E-state index contributed by atoms with van der Waals surface area (Å²) in [6, 6.07) is 11.6. The van der Waals surface area contributed by atoms with Crippen molar-refractivity contribution < 1.29 is 41.7 Å². The number of anilines is 1. The SMILES string of the molecule is COc1cc(C=Cc2cc(Cl)c(OC)c(NC=CC(=O)c3ccc(OC(F)(F)F)cc3)c2)cc(OC)c1OC. The third kappa shape index (κ3) is 7.84. The fraction of sp³-hybridized carbons (Fsp3) is 0.179. The van der Waals surface area contributed by atoms with E-state index in [-0.39, 0.29) is 5.56 Å². The highest BCUT2D eigenvalue weighted by Crippen LogP contribution is 2.39. The van der Waals surface area contributed by atoms with Crippen LogP contribution in [-0.2, 0) is 0 Å². The smallest absolute Gasteiger partial charge is 0.493 e. The topological polar surface area (TPSA) is 75.3 Å². The molecule has 3 aromatic rings. The molecule has 0 saturated carbocycles. The molecule has 0 bridgehead atoms. The van der Waals surface area contributed by atoms with Gasteiger partial charge in [0.1, 0.15) is 5.75 Å². The lowest BCUT2D eigenvalue weighted by molar-refractivity contribution is -0.274. The molecule has 0 radical (unpaired) electrons. The minimum Gasteiger partial charge on any atom is -0.493 e. The van der Waals surface area contributed by atoms with Gasteiger partial charge >= 0.3 is 6.36 Å². The number of halogens is 4. The van der Waals surface area contributed by atoms with Gasteiger partial charge in [0.2, 0.25) is 5.75 Å². The molecule has 0 spiro atoms. The summed E-state index contributed by atoms with van der Waals surface area (Å²) < 4.78 is 62.3. The van der Waals surface area contributed by atoms with Crippen LogP contribution in [0.15, 0.2) is 60.8 Å². The first-order valence-electron chi connectivity index (χ1n) is 11.3. The lowest BCUT2D eigenvalue weighted by atomic mass is 10.1. The van der Waals surface area contributed by atoms with Crippen LogP contribution in [0.2, 0.25) is 5.02 Å². The molecule has 0 aliphatic heterocycles. The largest absolute Gasteiger partial charge is 0.573 e. The third-order valence-corrected chi connectivity index (χ3v) is 5.55. The van der Waals surface area contributed by atoms with E-state index in [1.807, 2.05) is 12.2 Å². The Morgan fingerprint density at radius 1 is 0.821 bits per heavy atom. The molecule has 3 rings (SSSR count). The predicted molar refractivity (Wildman–Crippen MR) is 143 cm³/mol. The van der Waals surface area contributed by atoms with E-state index in [9.17, 15) is 18.0 Å². The van der Waals surface area contributed by atoms with Crippen LogP contribution in [-0.4, -0.2) is 40.6 Å². The Labute approximate surface area is 228 Å². The normalized spacial score (nSPS) is 11.5. The highest BCUT2D eigenvalue weighted by molar-refractivity contribution is 6.32. The zero-order valence-corrected chi connectivity index (χ0v) is 22.1. The van der Waals surface area contributed by atoms with Crippen molar-refractivity contribution in [1.82, 2.24) is 0 Å². The summed E-state index contributed by atoms with van der Waals surface area (Å²) >= 11 is 6.41. The molecule has 206 valence electrons. The van der Waals surface area contributed by atoms with Gasteiger partial charge in [0.25, 0.3) is 0 Å². The second-order valence-corrected chi connectivity index (χ2v) is 8.20. The van der Waals surface area contributed by atoms with E-state index in [2.05, 4.69) is 10.1 Å². The summed E-state index contributed by atoms with van der Waals surface area (Å²) in [6.45, 7) is 0. The molecule has 0 saturated heterocycles. The summed E-state index contributed by atoms with van der Waals surface area (Å²) in [7, 11) is 6.04. The molecule has 1 N–H and O–H groups in total. The number of hydrogen-bond acceptors (Lipinski definition) is 7. The number of rotatable bonds is 11. The van der Waals surface area contributed by atoms with Crippen LogP contribution >= 0.6 is 11.6 Å². The Morgan fingerprint density at radius 3 is 1.90 bits per heavy atom. The van der Waals surface area contributed by atoms with Gasteiger partial charge in [-0.2, -0.15) is 0 Å². The van der Waals surface area contributed by atoms with Crippen molar-refractivity contribution in [2.24, 2.45) is 0 Å². The van der Waals surface area contributed by atoms with Gasteiger partial charge in [0.15, 0.2) is 23.0 Å². The number of allylic oxidation sites excluding steroid dienone is 1. The van der Waals surface area contributed by atoms with Crippen molar-refractivity contribution in [3.8, 4) is 28.7 Å². The number of benzene rings is 3. The fourth-order valence-electron chi connectivity index (χ4n) is 3.54. The second-order valence-electron chi connectivity index (χ2n) is 7.79. The van der Waals surface area contributed by atoms with Crippen LogP contribution in [0, 0.1) is 0 Å². The van der Waals surface area contributed by atoms with Gasteiger partial charge in [-0.25, -0.2) is 0 Å². The maximum absolute atomic E-state index is 12.4. The molecule has 0 heterocycles. The first-order valence-corrected chi connectivity index (χ1v) is 11.6. The Bertz CT molecular complexity index is 1350. The molecular formula is C28H25ClF3NO6. The van der Waals surface area contributed by atoms with Gasteiger partial charge in [-0.05, 0) is 59.7 Å². The quantitative estimate of drug-likeness (QED) is 0.150. The molecule has 0 fully saturated rings. The zero-order valence-electron chi connectivity index (χ0n) is 21.4. The van der Waals surface area contributed by atoms with E-state index in [1.165, 1.54) is 52.8 Å². The van der Waals surface area contributed by atoms with Crippen molar-refractivity contribution in [2.45, 2.75) is 6.36 Å². The monoisotopic (exact) mass is 563 g/mol. The fourth-order valence-corrected chi connectivity index (χ4v) is 3.84. The van der Waals surface area contributed by atoms with E-state index >= 15 is 0 Å². The number of hydrogen-bond donors (Lipinski definition) is 1. The van der Waals surface area contributed by atoms with Gasteiger partial charge in [-0.15, -0.1) is 13.2 Å². The Hall–Kier alpha value is -4.31. The Kier molecular flexibility index (Phi) is 9.73. The number of nitrogens with one attached hydrogen (secondary N) is 1. The lowest BCUT2D eigenvalue weighted by Gasteiger charge is -2.13. The highest BCUT2D eigenvalue weighted by atomic mass is 35.5. The third-order valence-electron chi connectivity index (χ3n) is 5.27. The van der Waals surface area contributed by atoms with Crippen LogP contribution in [0.5, 0.6) is 28.7 Å². The predicted octanol–water partition coefficient (Wildman–Crippen LogP) is 7.25. The average molecular weight is 564 g/mol. The van der Waals surface area contributed by atoms with E-state index in [4.69, 9.17) is 30.5 Å². The summed E-state index contributed by atoms with van der Waals surface area (Å²) in [5.74, 6) is 0.977. The number of methoxy groups -OCH3 is 4. The van der Waals surface area contributed by atoms with Crippen molar-refractivity contribution in [1.29, 1.82) is 0 Å². The van der Waals surface area contributed by atoms with Crippen LogP contribution in [0.3, 0.4) is 0 Å². The molecule has 0 unspecified atom stereocenters. The van der Waals surface area contributed by atoms with Crippen molar-refractivity contribution in [2.75, 3.05) is 33.8 Å². The standard InChI is InChI=1S/C28H25ClF3NO6/c1-35-24-15-18(16-25(36-2)27(24)38-4)6-5-17-13-21(29)26(37-3)22(14-17)33-12-11-23(34)19-7-9-20(10-8-19)39-28(30,31)32/h5-16,33H,1-4H3. The minimum atomic E-state index is -4.81. The van der Waals surface area contributed by atoms with E-state index in [0.717, 1.165) is 23.3 Å². The van der Waals surface area contributed by atoms with Crippen molar-refractivity contribution in [3.63, 3.8) is 0 Å². The molecule has 0 aromatic heterocycles. The average Bonchev–Trinajstić information content (AvgIpc) is 2.90. The lowest BCUT2D eigenvalue weighted by Crippen LogP contribution is -2.17. The molecule has 0 aliphatic carbocycles. The molecule has 11 heteroatoms. The molecular weight excluding hydrogens is 539 g/mol. The van der Waals surface area contributed by atoms with Crippen LogP contribution in [0.1, 0.15) is 21.5 Å². The van der Waals surface area contributed by atoms with Gasteiger partial charge in [-0.3, -0.25) is 4.79 Å². The van der Waals surface area contributed by atoms with Gasteiger partial charge < -0.3 is 29.0 Å². The maximum Gasteiger partial charge on any atom is 0.573 e. The number of carbonyl (C=O) groups excluding carboxylic acids is 1. The van der Waals surface area contributed by atoms with E-state index in [0.29, 0.717) is 33.7 Å². The molecule has 3 aromatic carbocycles. The van der Waals surface area contributed by atoms with Crippen molar-refractivity contribution in [3.05, 3.63) is 82.5 Å². The number of alkyl halides is 3. The van der Waals surface area contributed by atoms with Gasteiger partial charge in [0, 0.05) is 17.8 Å². The number of ketones is 1. The van der Waals surface area contributed by atoms with Crippen LogP contribution in [0.4, 0.5) is 18.9 Å². The van der Waals surface area contributed by atoms with Gasteiger partial charge in [0.05, 0.1) is 39.1 Å². The van der Waals surface area contributed by atoms with E-state index in [1.54, 1.807) is 24.3 Å². The molecule has 0 amide bonds. The molecule has 0 atom stereocenters. The summed E-state index contributed by atoms with van der Waals surface area (Å²) in [6.07, 6.45) is 1.44. The maximum atomic E-state index is 12.4. The summed E-state index contributed by atoms with van der Waals surface area (Å²) in [5.41, 5.74) is 2.15. The molecule has 0 aliphatic rings. The summed E-state index contributed by atoms with van der Waals surface area (Å²) in [4.78, 5) is 12.4. The van der Waals surface area contributed by atoms with Crippen LogP contribution in [0.25, 0.3) is 12.2 Å². The summed E-state index contributed by atoms with van der Waals surface area (Å²) in [5, 5.41) is 3.29. The number of carbonyl (C=O) groups is 1.